The van der Waals surface area contributed by atoms with Gasteiger partial charge in [-0.3, -0.25) is 9.59 Å². The molecule has 3 atom stereocenters. The minimum atomic E-state index is -0.819. The summed E-state index contributed by atoms with van der Waals surface area (Å²) in [5.41, 5.74) is 4.57. The van der Waals surface area contributed by atoms with Crippen molar-refractivity contribution in [2.75, 3.05) is 6.61 Å². The molecule has 0 bridgehead atoms. The van der Waals surface area contributed by atoms with Gasteiger partial charge < -0.3 is 20.5 Å². The lowest BCUT2D eigenvalue weighted by Gasteiger charge is -2.29. The number of fused-ring (bicyclic) bond motifs is 3. The Balaban J connectivity index is 1.35. The summed E-state index contributed by atoms with van der Waals surface area (Å²) in [4.78, 5) is 36.8. The van der Waals surface area contributed by atoms with Crippen molar-refractivity contribution in [1.29, 1.82) is 0 Å². The van der Waals surface area contributed by atoms with E-state index in [1.165, 1.54) is 0 Å². The number of rotatable bonds is 8. The highest BCUT2D eigenvalue weighted by atomic mass is 16.5. The molecule has 0 aromatic heterocycles. The maximum atomic E-state index is 12.9. The molecule has 2 aliphatic rings. The molecule has 180 valence electrons. The largest absolute Gasteiger partial charge is 0.481 e. The summed E-state index contributed by atoms with van der Waals surface area (Å²) in [6, 6.07) is 15.4. The van der Waals surface area contributed by atoms with Crippen LogP contribution in [0.4, 0.5) is 4.79 Å². The molecule has 2 aromatic carbocycles. The van der Waals surface area contributed by atoms with Crippen LogP contribution in [-0.4, -0.2) is 41.8 Å². The molecule has 0 unspecified atom stereocenters. The number of ether oxygens (including phenoxy) is 1. The van der Waals surface area contributed by atoms with Gasteiger partial charge in [0.1, 0.15) is 12.6 Å². The second-order valence-electron chi connectivity index (χ2n) is 9.22. The van der Waals surface area contributed by atoms with E-state index in [2.05, 4.69) is 34.9 Å². The third-order valence-electron chi connectivity index (χ3n) is 6.90. The predicted molar refractivity (Wildman–Crippen MR) is 128 cm³/mol. The van der Waals surface area contributed by atoms with Crippen LogP contribution in [-0.2, 0) is 14.3 Å². The van der Waals surface area contributed by atoms with Crippen molar-refractivity contribution < 1.29 is 24.2 Å². The molecule has 7 heteroatoms. The quantitative estimate of drug-likeness (QED) is 0.535. The van der Waals surface area contributed by atoms with Crippen molar-refractivity contribution in [2.24, 2.45) is 5.92 Å². The van der Waals surface area contributed by atoms with Crippen LogP contribution in [0.25, 0.3) is 11.1 Å². The van der Waals surface area contributed by atoms with Gasteiger partial charge in [0, 0.05) is 12.0 Å². The van der Waals surface area contributed by atoms with Crippen LogP contribution in [0.1, 0.15) is 62.5 Å². The number of benzene rings is 2. The van der Waals surface area contributed by atoms with Crippen LogP contribution in [0.15, 0.2) is 48.5 Å². The number of carboxylic acid groups (broad SMARTS) is 1. The topological polar surface area (TPSA) is 105 Å². The van der Waals surface area contributed by atoms with E-state index in [1.54, 1.807) is 0 Å². The first-order chi connectivity index (χ1) is 16.5. The van der Waals surface area contributed by atoms with E-state index in [9.17, 15) is 19.5 Å². The first kappa shape index (κ1) is 23.8. The van der Waals surface area contributed by atoms with E-state index in [4.69, 9.17) is 4.74 Å². The summed E-state index contributed by atoms with van der Waals surface area (Å²) >= 11 is 0. The number of carbonyl (C=O) groups excluding carboxylic acids is 2. The lowest BCUT2D eigenvalue weighted by molar-refractivity contribution is -0.143. The number of carboxylic acids is 1. The molecule has 3 N–H and O–H groups in total. The predicted octanol–water partition coefficient (Wildman–Crippen LogP) is 4.45. The van der Waals surface area contributed by atoms with Crippen molar-refractivity contribution >= 4 is 18.0 Å². The molecule has 2 amide bonds. The zero-order valence-corrected chi connectivity index (χ0v) is 19.5. The summed E-state index contributed by atoms with van der Waals surface area (Å²) in [7, 11) is 0. The van der Waals surface area contributed by atoms with Crippen molar-refractivity contribution in [3.63, 3.8) is 0 Å². The van der Waals surface area contributed by atoms with Gasteiger partial charge in [0.05, 0.1) is 5.92 Å². The molecule has 7 nitrogen and oxygen atoms in total. The van der Waals surface area contributed by atoms with Crippen LogP contribution < -0.4 is 10.6 Å². The maximum Gasteiger partial charge on any atom is 0.407 e. The lowest BCUT2D eigenvalue weighted by atomic mass is 9.85. The summed E-state index contributed by atoms with van der Waals surface area (Å²) in [5, 5.41) is 15.0. The molecule has 0 spiro atoms. The first-order valence-electron chi connectivity index (χ1n) is 12.1. The van der Waals surface area contributed by atoms with Crippen molar-refractivity contribution in [3.05, 3.63) is 59.7 Å². The summed E-state index contributed by atoms with van der Waals surface area (Å²) in [6.45, 7) is 2.13. The number of hydrogen-bond donors (Lipinski definition) is 3. The first-order valence-corrected chi connectivity index (χ1v) is 12.1. The molecule has 2 aliphatic carbocycles. The van der Waals surface area contributed by atoms with Gasteiger partial charge in [-0.1, -0.05) is 68.3 Å². The summed E-state index contributed by atoms with van der Waals surface area (Å²) < 4.78 is 5.60. The van der Waals surface area contributed by atoms with Crippen LogP contribution in [0.5, 0.6) is 0 Å². The van der Waals surface area contributed by atoms with Gasteiger partial charge in [-0.05, 0) is 47.9 Å². The average molecular weight is 465 g/mol. The van der Waals surface area contributed by atoms with E-state index in [0.29, 0.717) is 25.7 Å². The molecule has 2 aromatic rings. The molecular formula is C27H32N2O5. The highest BCUT2D eigenvalue weighted by Crippen LogP contribution is 2.44. The van der Waals surface area contributed by atoms with Crippen LogP contribution >= 0.6 is 0 Å². The fraction of sp³-hybridized carbons (Fsp3) is 0.444. The van der Waals surface area contributed by atoms with E-state index in [-0.39, 0.29) is 24.5 Å². The lowest BCUT2D eigenvalue weighted by Crippen LogP contribution is -2.51. The van der Waals surface area contributed by atoms with Gasteiger partial charge in [0.15, 0.2) is 0 Å². The monoisotopic (exact) mass is 464 g/mol. The number of alkyl carbamates (subject to hydrolysis) is 1. The van der Waals surface area contributed by atoms with Gasteiger partial charge in [-0.25, -0.2) is 4.79 Å². The van der Waals surface area contributed by atoms with E-state index in [0.717, 1.165) is 35.1 Å². The number of aliphatic carboxylic acids is 1. The maximum absolute atomic E-state index is 12.9. The Kier molecular flexibility index (Phi) is 7.50. The molecule has 0 aliphatic heterocycles. The zero-order valence-electron chi connectivity index (χ0n) is 19.5. The van der Waals surface area contributed by atoms with Crippen molar-refractivity contribution in [1.82, 2.24) is 10.6 Å². The number of hydrogen-bond acceptors (Lipinski definition) is 4. The molecule has 1 fully saturated rings. The zero-order chi connectivity index (χ0) is 24.1. The third-order valence-corrected chi connectivity index (χ3v) is 6.90. The Labute approximate surface area is 199 Å². The fourth-order valence-electron chi connectivity index (χ4n) is 5.19. The van der Waals surface area contributed by atoms with E-state index < -0.39 is 24.0 Å². The third kappa shape index (κ3) is 5.24. The molecule has 34 heavy (non-hydrogen) atoms. The Morgan fingerprint density at radius 2 is 1.68 bits per heavy atom. The van der Waals surface area contributed by atoms with Gasteiger partial charge in [0.2, 0.25) is 5.91 Å². The molecule has 4 rings (SSSR count). The Morgan fingerprint density at radius 3 is 2.29 bits per heavy atom. The summed E-state index contributed by atoms with van der Waals surface area (Å²) in [6.07, 6.45) is 3.14. The SMILES string of the molecule is CCC[C@@H](NC(=O)OCC1c2ccccc2-c2ccccc21)C(=O)N[C@@H]1CCC[C@@H](C(=O)O)C1. The highest BCUT2D eigenvalue weighted by molar-refractivity contribution is 5.86. The minimum Gasteiger partial charge on any atom is -0.481 e. The molecule has 0 heterocycles. The van der Waals surface area contributed by atoms with Gasteiger partial charge in [-0.2, -0.15) is 0 Å². The van der Waals surface area contributed by atoms with Gasteiger partial charge >= 0.3 is 12.1 Å². The molecule has 1 saturated carbocycles. The van der Waals surface area contributed by atoms with Crippen LogP contribution in [0.2, 0.25) is 0 Å². The highest BCUT2D eigenvalue weighted by Gasteiger charge is 2.31. The van der Waals surface area contributed by atoms with Crippen LogP contribution in [0.3, 0.4) is 0 Å². The Morgan fingerprint density at radius 1 is 1.03 bits per heavy atom. The number of nitrogens with one attached hydrogen (secondary N) is 2. The molecule has 0 radical (unpaired) electrons. The minimum absolute atomic E-state index is 0.0493. The van der Waals surface area contributed by atoms with Gasteiger partial charge in [-0.15, -0.1) is 0 Å². The van der Waals surface area contributed by atoms with E-state index in [1.807, 2.05) is 31.2 Å². The van der Waals surface area contributed by atoms with Crippen molar-refractivity contribution in [3.8, 4) is 11.1 Å². The second kappa shape index (κ2) is 10.7. The molecular weight excluding hydrogens is 432 g/mol. The molecule has 0 saturated heterocycles. The summed E-state index contributed by atoms with van der Waals surface area (Å²) in [5.74, 6) is -1.59. The number of amides is 2. The Bertz CT molecular complexity index is 1010. The smallest absolute Gasteiger partial charge is 0.407 e. The second-order valence-corrected chi connectivity index (χ2v) is 9.22. The normalized spacial score (nSPS) is 20.0. The van der Waals surface area contributed by atoms with Crippen molar-refractivity contribution in [2.45, 2.75) is 63.5 Å². The fourth-order valence-corrected chi connectivity index (χ4v) is 5.19. The Hall–Kier alpha value is -3.35. The van der Waals surface area contributed by atoms with Gasteiger partial charge in [0.25, 0.3) is 0 Å². The number of carbonyl (C=O) groups is 3. The van der Waals surface area contributed by atoms with Crippen LogP contribution in [0, 0.1) is 5.92 Å². The average Bonchev–Trinajstić information content (AvgIpc) is 3.16. The standard InChI is InChI=1S/C27H32N2O5/c1-2-8-24(25(30)28-18-10-7-9-17(15-18)26(31)32)29-27(33)34-16-23-21-13-5-3-11-19(21)20-12-4-6-14-22(20)23/h3-6,11-14,17-18,23-24H,2,7-10,15-16H2,1H3,(H,28,30)(H,29,33)(H,31,32)/t17-,18-,24-/m1/s1. The van der Waals surface area contributed by atoms with E-state index >= 15 is 0 Å².